The summed E-state index contributed by atoms with van der Waals surface area (Å²) < 4.78 is 10.9. The van der Waals surface area contributed by atoms with Crippen LogP contribution in [0.4, 0.5) is 0 Å². The lowest BCUT2D eigenvalue weighted by atomic mass is 10.1. The van der Waals surface area contributed by atoms with Crippen LogP contribution in [0.25, 0.3) is 0 Å². The highest BCUT2D eigenvalue weighted by Gasteiger charge is 2.09. The molecule has 0 bridgehead atoms. The monoisotopic (exact) mass is 292 g/mol. The summed E-state index contributed by atoms with van der Waals surface area (Å²) in [6, 6.07) is 6.14. The van der Waals surface area contributed by atoms with E-state index >= 15 is 0 Å². The predicted octanol–water partition coefficient (Wildman–Crippen LogP) is 2.67. The molecule has 4 heteroatoms. The molecule has 1 fully saturated rings. The summed E-state index contributed by atoms with van der Waals surface area (Å²) in [6.45, 7) is 8.23. The Morgan fingerprint density at radius 3 is 2.67 bits per heavy atom. The average Bonchev–Trinajstić information content (AvgIpc) is 2.53. The van der Waals surface area contributed by atoms with Gasteiger partial charge in [-0.25, -0.2) is 0 Å². The van der Waals surface area contributed by atoms with E-state index < -0.39 is 0 Å². The maximum atomic E-state index is 5.61. The first kappa shape index (κ1) is 16.1. The molecule has 118 valence electrons. The van der Waals surface area contributed by atoms with Gasteiger partial charge in [-0.1, -0.05) is 12.5 Å². The topological polar surface area (TPSA) is 33.7 Å². The number of benzene rings is 1. The molecule has 0 amide bonds. The third kappa shape index (κ3) is 5.21. The molecule has 0 saturated carbocycles. The van der Waals surface area contributed by atoms with Crippen LogP contribution in [0.2, 0.25) is 0 Å². The molecule has 1 N–H and O–H groups in total. The normalized spacial score (nSPS) is 15.9. The van der Waals surface area contributed by atoms with Gasteiger partial charge in [0.15, 0.2) is 11.5 Å². The molecular weight excluding hydrogens is 264 g/mol. The van der Waals surface area contributed by atoms with Gasteiger partial charge in [-0.3, -0.25) is 0 Å². The molecule has 1 aromatic carbocycles. The van der Waals surface area contributed by atoms with E-state index in [1.54, 1.807) is 7.11 Å². The third-order valence-electron chi connectivity index (χ3n) is 3.91. The van der Waals surface area contributed by atoms with Crippen LogP contribution in [0, 0.1) is 0 Å². The van der Waals surface area contributed by atoms with Crippen molar-refractivity contribution in [1.29, 1.82) is 0 Å². The molecule has 4 nitrogen and oxygen atoms in total. The van der Waals surface area contributed by atoms with Gasteiger partial charge in [0.1, 0.15) is 0 Å². The lowest BCUT2D eigenvalue weighted by molar-refractivity contribution is 0.229. The lowest BCUT2D eigenvalue weighted by Gasteiger charge is -2.26. The van der Waals surface area contributed by atoms with Gasteiger partial charge in [0.25, 0.3) is 0 Å². The summed E-state index contributed by atoms with van der Waals surface area (Å²) in [7, 11) is 1.67. The smallest absolute Gasteiger partial charge is 0.161 e. The van der Waals surface area contributed by atoms with Crippen molar-refractivity contribution in [2.24, 2.45) is 0 Å². The van der Waals surface area contributed by atoms with E-state index in [0.717, 1.165) is 31.1 Å². The average molecular weight is 292 g/mol. The predicted molar refractivity (Wildman–Crippen MR) is 86.2 cm³/mol. The van der Waals surface area contributed by atoms with Crippen LogP contribution >= 0.6 is 0 Å². The fourth-order valence-electron chi connectivity index (χ4n) is 2.75. The van der Waals surface area contributed by atoms with Gasteiger partial charge in [0, 0.05) is 19.6 Å². The molecule has 2 rings (SSSR count). The second-order valence-corrected chi connectivity index (χ2v) is 5.50. The first-order valence-electron chi connectivity index (χ1n) is 8.06. The zero-order chi connectivity index (χ0) is 14.9. The summed E-state index contributed by atoms with van der Waals surface area (Å²) in [5.41, 5.74) is 1.23. The Morgan fingerprint density at radius 1 is 1.14 bits per heavy atom. The number of rotatable bonds is 8. The molecule has 0 unspecified atom stereocenters. The molecule has 1 heterocycles. The number of ether oxygens (including phenoxy) is 2. The summed E-state index contributed by atoms with van der Waals surface area (Å²) >= 11 is 0. The van der Waals surface area contributed by atoms with E-state index in [9.17, 15) is 0 Å². The number of nitrogens with zero attached hydrogens (tertiary/aromatic N) is 1. The van der Waals surface area contributed by atoms with Crippen molar-refractivity contribution in [2.75, 3.05) is 39.9 Å². The standard InChI is InChI=1S/C17H28N2O2/c1-3-21-17-13-15(7-8-16(17)20-2)14-18-9-12-19-10-5-4-6-11-19/h7-8,13,18H,3-6,9-12,14H2,1-2H3. The van der Waals surface area contributed by atoms with Crippen LogP contribution < -0.4 is 14.8 Å². The van der Waals surface area contributed by atoms with Crippen molar-refractivity contribution < 1.29 is 9.47 Å². The van der Waals surface area contributed by atoms with E-state index in [1.165, 1.54) is 37.9 Å². The Labute approximate surface area is 128 Å². The van der Waals surface area contributed by atoms with Crippen molar-refractivity contribution in [1.82, 2.24) is 10.2 Å². The first-order chi connectivity index (χ1) is 10.3. The van der Waals surface area contributed by atoms with Gasteiger partial charge in [0.05, 0.1) is 13.7 Å². The molecule has 1 saturated heterocycles. The maximum absolute atomic E-state index is 5.61. The van der Waals surface area contributed by atoms with Gasteiger partial charge < -0.3 is 19.7 Å². The highest BCUT2D eigenvalue weighted by atomic mass is 16.5. The van der Waals surface area contributed by atoms with Gasteiger partial charge in [-0.05, 0) is 50.6 Å². The summed E-state index contributed by atoms with van der Waals surface area (Å²) in [5.74, 6) is 1.63. The van der Waals surface area contributed by atoms with Crippen LogP contribution in [0.1, 0.15) is 31.7 Å². The molecule has 0 atom stereocenters. The second kappa shape index (κ2) is 8.90. The van der Waals surface area contributed by atoms with Gasteiger partial charge >= 0.3 is 0 Å². The van der Waals surface area contributed by atoms with Gasteiger partial charge in [0.2, 0.25) is 0 Å². The highest BCUT2D eigenvalue weighted by Crippen LogP contribution is 2.27. The number of methoxy groups -OCH3 is 1. The van der Waals surface area contributed by atoms with Crippen LogP contribution in [0.3, 0.4) is 0 Å². The van der Waals surface area contributed by atoms with Gasteiger partial charge in [-0.15, -0.1) is 0 Å². The molecule has 0 aliphatic carbocycles. The summed E-state index contributed by atoms with van der Waals surface area (Å²) in [5, 5.41) is 3.52. The fraction of sp³-hybridized carbons (Fsp3) is 0.647. The molecule has 1 aliphatic rings. The van der Waals surface area contributed by atoms with E-state index in [-0.39, 0.29) is 0 Å². The largest absolute Gasteiger partial charge is 0.493 e. The minimum atomic E-state index is 0.655. The quantitative estimate of drug-likeness (QED) is 0.747. The molecule has 21 heavy (non-hydrogen) atoms. The van der Waals surface area contributed by atoms with Crippen LogP contribution in [0.15, 0.2) is 18.2 Å². The number of hydrogen-bond acceptors (Lipinski definition) is 4. The SMILES string of the molecule is CCOc1cc(CNCCN2CCCCC2)ccc1OC. The number of piperidine rings is 1. The molecule has 1 aliphatic heterocycles. The fourth-order valence-corrected chi connectivity index (χ4v) is 2.75. The lowest BCUT2D eigenvalue weighted by Crippen LogP contribution is -2.35. The van der Waals surface area contributed by atoms with E-state index in [2.05, 4.69) is 22.3 Å². The van der Waals surface area contributed by atoms with Crippen LogP contribution in [0.5, 0.6) is 11.5 Å². The summed E-state index contributed by atoms with van der Waals surface area (Å²) in [6.07, 6.45) is 4.11. The van der Waals surface area contributed by atoms with Crippen molar-refractivity contribution in [3.05, 3.63) is 23.8 Å². The van der Waals surface area contributed by atoms with Crippen molar-refractivity contribution in [2.45, 2.75) is 32.7 Å². The van der Waals surface area contributed by atoms with E-state index in [4.69, 9.17) is 9.47 Å². The zero-order valence-electron chi connectivity index (χ0n) is 13.4. The molecule has 0 aromatic heterocycles. The van der Waals surface area contributed by atoms with Gasteiger partial charge in [-0.2, -0.15) is 0 Å². The zero-order valence-corrected chi connectivity index (χ0v) is 13.4. The van der Waals surface area contributed by atoms with Crippen molar-refractivity contribution in [3.8, 4) is 11.5 Å². The molecule has 0 spiro atoms. The Hall–Kier alpha value is -1.26. The van der Waals surface area contributed by atoms with E-state index in [0.29, 0.717) is 6.61 Å². The Bertz CT molecular complexity index is 417. The number of likely N-dealkylation sites (tertiary alicyclic amines) is 1. The van der Waals surface area contributed by atoms with Crippen LogP contribution in [-0.4, -0.2) is 44.8 Å². The Morgan fingerprint density at radius 2 is 1.95 bits per heavy atom. The van der Waals surface area contributed by atoms with Crippen molar-refractivity contribution >= 4 is 0 Å². The minimum Gasteiger partial charge on any atom is -0.493 e. The maximum Gasteiger partial charge on any atom is 0.161 e. The molecule has 1 aromatic rings. The highest BCUT2D eigenvalue weighted by molar-refractivity contribution is 5.42. The first-order valence-corrected chi connectivity index (χ1v) is 8.06. The second-order valence-electron chi connectivity index (χ2n) is 5.50. The number of hydrogen-bond donors (Lipinski definition) is 1. The molecular formula is C17H28N2O2. The third-order valence-corrected chi connectivity index (χ3v) is 3.91. The Balaban J connectivity index is 1.75. The number of nitrogens with one attached hydrogen (secondary N) is 1. The van der Waals surface area contributed by atoms with E-state index in [1.807, 2.05) is 13.0 Å². The minimum absolute atomic E-state index is 0.655. The Kier molecular flexibility index (Phi) is 6.83. The van der Waals surface area contributed by atoms with Crippen molar-refractivity contribution in [3.63, 3.8) is 0 Å². The van der Waals surface area contributed by atoms with Crippen LogP contribution in [-0.2, 0) is 6.54 Å². The summed E-state index contributed by atoms with van der Waals surface area (Å²) in [4.78, 5) is 2.55. The molecule has 0 radical (unpaired) electrons.